The van der Waals surface area contributed by atoms with Crippen LogP contribution in [0.2, 0.25) is 0 Å². The SMILES string of the molecule is Cc1cc(Br)c(F)cc1NCc1ccc(C#N)cc1. The minimum absolute atomic E-state index is 0.284. The standard InChI is InChI=1S/C15H12BrFN2/c1-10-6-13(16)14(17)7-15(10)19-9-12-4-2-11(8-18)3-5-12/h2-7,19H,9H2,1H3. The molecule has 19 heavy (non-hydrogen) atoms. The van der Waals surface area contributed by atoms with Crippen LogP contribution in [0.4, 0.5) is 10.1 Å². The van der Waals surface area contributed by atoms with Gasteiger partial charge in [-0.3, -0.25) is 0 Å². The summed E-state index contributed by atoms with van der Waals surface area (Å²) in [6, 6.07) is 12.6. The van der Waals surface area contributed by atoms with Gasteiger partial charge < -0.3 is 5.32 Å². The van der Waals surface area contributed by atoms with Crippen molar-refractivity contribution in [3.05, 3.63) is 63.4 Å². The van der Waals surface area contributed by atoms with Gasteiger partial charge in [-0.25, -0.2) is 4.39 Å². The lowest BCUT2D eigenvalue weighted by Crippen LogP contribution is -2.01. The van der Waals surface area contributed by atoms with E-state index in [0.29, 0.717) is 16.6 Å². The van der Waals surface area contributed by atoms with Crippen LogP contribution in [0.1, 0.15) is 16.7 Å². The van der Waals surface area contributed by atoms with Gasteiger partial charge in [0.1, 0.15) is 5.82 Å². The Balaban J connectivity index is 2.10. The molecule has 4 heteroatoms. The van der Waals surface area contributed by atoms with Crippen molar-refractivity contribution in [1.29, 1.82) is 5.26 Å². The van der Waals surface area contributed by atoms with Gasteiger partial charge >= 0.3 is 0 Å². The molecule has 0 spiro atoms. The molecule has 2 aromatic carbocycles. The Morgan fingerprint density at radius 1 is 1.26 bits per heavy atom. The predicted octanol–water partition coefficient (Wildman–Crippen LogP) is 4.38. The van der Waals surface area contributed by atoms with Gasteiger partial charge in [0, 0.05) is 12.2 Å². The molecule has 0 aromatic heterocycles. The molecule has 0 saturated heterocycles. The van der Waals surface area contributed by atoms with Crippen molar-refractivity contribution in [1.82, 2.24) is 0 Å². The molecule has 0 aliphatic heterocycles. The Kier molecular flexibility index (Phi) is 4.18. The van der Waals surface area contributed by atoms with Crippen LogP contribution in [0.3, 0.4) is 0 Å². The molecule has 1 N–H and O–H groups in total. The van der Waals surface area contributed by atoms with Gasteiger partial charge in [0.05, 0.1) is 16.1 Å². The molecular weight excluding hydrogens is 307 g/mol. The van der Waals surface area contributed by atoms with Crippen LogP contribution in [-0.2, 0) is 6.54 Å². The normalized spacial score (nSPS) is 10.0. The van der Waals surface area contributed by atoms with Gasteiger partial charge in [0.25, 0.3) is 0 Å². The summed E-state index contributed by atoms with van der Waals surface area (Å²) in [6.45, 7) is 2.51. The first-order chi connectivity index (χ1) is 9.10. The highest BCUT2D eigenvalue weighted by molar-refractivity contribution is 9.10. The Bertz CT molecular complexity index is 630. The molecule has 0 heterocycles. The van der Waals surface area contributed by atoms with Gasteiger partial charge in [-0.05, 0) is 58.2 Å². The number of anilines is 1. The lowest BCUT2D eigenvalue weighted by Gasteiger charge is -2.10. The first kappa shape index (κ1) is 13.6. The summed E-state index contributed by atoms with van der Waals surface area (Å²) in [5, 5.41) is 11.9. The highest BCUT2D eigenvalue weighted by atomic mass is 79.9. The molecule has 0 saturated carbocycles. The molecule has 0 aliphatic carbocycles. The average molecular weight is 319 g/mol. The molecule has 0 unspecified atom stereocenters. The van der Waals surface area contributed by atoms with E-state index in [-0.39, 0.29) is 5.82 Å². The van der Waals surface area contributed by atoms with E-state index in [1.54, 1.807) is 18.2 Å². The molecule has 0 bridgehead atoms. The lowest BCUT2D eigenvalue weighted by molar-refractivity contribution is 0.621. The molecule has 0 fully saturated rings. The number of rotatable bonds is 3. The zero-order valence-electron chi connectivity index (χ0n) is 10.4. The first-order valence-corrected chi connectivity index (χ1v) is 6.58. The zero-order chi connectivity index (χ0) is 13.8. The molecule has 2 aromatic rings. The minimum atomic E-state index is -0.284. The predicted molar refractivity (Wildman–Crippen MR) is 77.3 cm³/mol. The fourth-order valence-corrected chi connectivity index (χ4v) is 2.19. The molecule has 0 aliphatic rings. The van der Waals surface area contributed by atoms with Gasteiger partial charge in [-0.15, -0.1) is 0 Å². The third-order valence-electron chi connectivity index (χ3n) is 2.83. The molecule has 2 rings (SSSR count). The largest absolute Gasteiger partial charge is 0.381 e. The van der Waals surface area contributed by atoms with E-state index in [1.165, 1.54) is 6.07 Å². The van der Waals surface area contributed by atoms with E-state index >= 15 is 0 Å². The summed E-state index contributed by atoms with van der Waals surface area (Å²) in [6.07, 6.45) is 0. The summed E-state index contributed by atoms with van der Waals surface area (Å²) in [7, 11) is 0. The van der Waals surface area contributed by atoms with Gasteiger partial charge in [-0.2, -0.15) is 5.26 Å². The number of nitrogens with one attached hydrogen (secondary N) is 1. The summed E-state index contributed by atoms with van der Waals surface area (Å²) >= 11 is 3.16. The number of hydrogen-bond acceptors (Lipinski definition) is 2. The van der Waals surface area contributed by atoms with Crippen molar-refractivity contribution in [3.8, 4) is 6.07 Å². The minimum Gasteiger partial charge on any atom is -0.381 e. The number of aryl methyl sites for hydroxylation is 1. The van der Waals surface area contributed by atoms with E-state index in [2.05, 4.69) is 27.3 Å². The van der Waals surface area contributed by atoms with Crippen LogP contribution in [0.25, 0.3) is 0 Å². The Morgan fingerprint density at radius 2 is 1.95 bits per heavy atom. The maximum Gasteiger partial charge on any atom is 0.139 e. The highest BCUT2D eigenvalue weighted by Gasteiger charge is 2.05. The smallest absolute Gasteiger partial charge is 0.139 e. The fraction of sp³-hybridized carbons (Fsp3) is 0.133. The number of nitrogens with zero attached hydrogens (tertiary/aromatic N) is 1. The van der Waals surface area contributed by atoms with Crippen LogP contribution in [-0.4, -0.2) is 0 Å². The second kappa shape index (κ2) is 5.85. The Morgan fingerprint density at radius 3 is 2.58 bits per heavy atom. The van der Waals surface area contributed by atoms with Crippen molar-refractivity contribution in [2.45, 2.75) is 13.5 Å². The molecule has 0 amide bonds. The zero-order valence-corrected chi connectivity index (χ0v) is 12.0. The van der Waals surface area contributed by atoms with Gasteiger partial charge in [-0.1, -0.05) is 12.1 Å². The van der Waals surface area contributed by atoms with E-state index in [4.69, 9.17) is 5.26 Å². The van der Waals surface area contributed by atoms with Crippen molar-refractivity contribution in [2.75, 3.05) is 5.32 Å². The molecule has 0 radical (unpaired) electrons. The van der Waals surface area contributed by atoms with Crippen LogP contribution in [0.5, 0.6) is 0 Å². The number of benzene rings is 2. The summed E-state index contributed by atoms with van der Waals surface area (Å²) in [5.41, 5.74) is 3.42. The number of hydrogen-bond donors (Lipinski definition) is 1. The first-order valence-electron chi connectivity index (χ1n) is 5.78. The molecule has 0 atom stereocenters. The van der Waals surface area contributed by atoms with Crippen LogP contribution >= 0.6 is 15.9 Å². The molecule has 96 valence electrons. The van der Waals surface area contributed by atoms with Crippen molar-refractivity contribution in [2.24, 2.45) is 0 Å². The quantitative estimate of drug-likeness (QED) is 0.911. The molecule has 2 nitrogen and oxygen atoms in total. The molecular formula is C15H12BrFN2. The van der Waals surface area contributed by atoms with E-state index in [0.717, 1.165) is 16.8 Å². The third kappa shape index (κ3) is 3.33. The van der Waals surface area contributed by atoms with Gasteiger partial charge in [0.15, 0.2) is 0 Å². The summed E-state index contributed by atoms with van der Waals surface area (Å²) in [4.78, 5) is 0. The summed E-state index contributed by atoms with van der Waals surface area (Å²) in [5.74, 6) is -0.284. The van der Waals surface area contributed by atoms with Crippen LogP contribution < -0.4 is 5.32 Å². The Labute approximate surface area is 120 Å². The Hall–Kier alpha value is -1.86. The van der Waals surface area contributed by atoms with Crippen LogP contribution in [0.15, 0.2) is 40.9 Å². The third-order valence-corrected chi connectivity index (χ3v) is 3.44. The van der Waals surface area contributed by atoms with Crippen molar-refractivity contribution in [3.63, 3.8) is 0 Å². The lowest BCUT2D eigenvalue weighted by atomic mass is 10.1. The van der Waals surface area contributed by atoms with Crippen molar-refractivity contribution < 1.29 is 4.39 Å². The topological polar surface area (TPSA) is 35.8 Å². The highest BCUT2D eigenvalue weighted by Crippen LogP contribution is 2.24. The van der Waals surface area contributed by atoms with E-state index in [1.807, 2.05) is 19.1 Å². The van der Waals surface area contributed by atoms with Gasteiger partial charge in [0.2, 0.25) is 0 Å². The fourth-order valence-electron chi connectivity index (χ4n) is 1.73. The average Bonchev–Trinajstić information content (AvgIpc) is 2.42. The maximum atomic E-state index is 13.5. The number of halogens is 2. The summed E-state index contributed by atoms with van der Waals surface area (Å²) < 4.78 is 13.9. The second-order valence-corrected chi connectivity index (χ2v) is 5.10. The maximum absolute atomic E-state index is 13.5. The van der Waals surface area contributed by atoms with E-state index in [9.17, 15) is 4.39 Å². The van der Waals surface area contributed by atoms with E-state index < -0.39 is 0 Å². The second-order valence-electron chi connectivity index (χ2n) is 4.24. The van der Waals surface area contributed by atoms with Crippen molar-refractivity contribution >= 4 is 21.6 Å². The number of nitriles is 1. The monoisotopic (exact) mass is 318 g/mol. The van der Waals surface area contributed by atoms with Crippen LogP contribution in [0, 0.1) is 24.1 Å².